The van der Waals surface area contributed by atoms with E-state index >= 15 is 0 Å². The summed E-state index contributed by atoms with van der Waals surface area (Å²) in [6.07, 6.45) is 2.16. The summed E-state index contributed by atoms with van der Waals surface area (Å²) in [4.78, 5) is 14.3. The number of hydrazine groups is 1. The van der Waals surface area contributed by atoms with Crippen molar-refractivity contribution in [2.24, 2.45) is 5.84 Å². The first-order chi connectivity index (χ1) is 9.78. The molecular formula is C11H18N6O2S. The molecule has 4 N–H and O–H groups in total. The topological polar surface area (TPSA) is 105 Å². The highest BCUT2D eigenvalue weighted by Gasteiger charge is 2.33. The largest absolute Gasteiger partial charge is 0.378 e. The number of nitrogens with one attached hydrogen (secondary N) is 2. The van der Waals surface area contributed by atoms with Gasteiger partial charge in [0.1, 0.15) is 16.7 Å². The number of nitrogen functional groups attached to an aromatic ring is 1. The lowest BCUT2D eigenvalue weighted by Gasteiger charge is -2.34. The minimum atomic E-state index is -0.267. The molecule has 2 aliphatic rings. The van der Waals surface area contributed by atoms with Gasteiger partial charge in [-0.1, -0.05) is 4.49 Å². The number of rotatable bonds is 5. The number of anilines is 1. The Morgan fingerprint density at radius 2 is 2.40 bits per heavy atom. The Hall–Kier alpha value is -1.29. The maximum absolute atomic E-state index is 12.2. The first-order valence-corrected chi connectivity index (χ1v) is 7.45. The number of carbonyl (C=O) groups excluding carboxylic acids is 1. The number of aromatic nitrogens is 2. The molecule has 0 aromatic carbocycles. The molecule has 0 spiro atoms. The van der Waals surface area contributed by atoms with Crippen LogP contribution in [0.5, 0.6) is 0 Å². The van der Waals surface area contributed by atoms with Crippen LogP contribution in [0, 0.1) is 0 Å². The van der Waals surface area contributed by atoms with E-state index in [1.807, 2.05) is 0 Å². The van der Waals surface area contributed by atoms with Crippen LogP contribution in [0.3, 0.4) is 0 Å². The van der Waals surface area contributed by atoms with Crippen molar-refractivity contribution < 1.29 is 9.53 Å². The molecule has 9 heteroatoms. The Labute approximate surface area is 120 Å². The van der Waals surface area contributed by atoms with Crippen molar-refractivity contribution in [2.45, 2.75) is 31.5 Å². The second kappa shape index (κ2) is 6.00. The summed E-state index contributed by atoms with van der Waals surface area (Å²) in [6.45, 7) is 2.28. The number of hydrogen-bond acceptors (Lipinski definition) is 8. The molecule has 3 rings (SSSR count). The summed E-state index contributed by atoms with van der Waals surface area (Å²) in [5.74, 6) is 5.47. The molecule has 0 radical (unpaired) electrons. The second-order valence-electron chi connectivity index (χ2n) is 5.04. The molecule has 0 bridgehead atoms. The van der Waals surface area contributed by atoms with Crippen molar-refractivity contribution in [3.05, 3.63) is 5.69 Å². The van der Waals surface area contributed by atoms with Crippen LogP contribution in [0.15, 0.2) is 0 Å². The summed E-state index contributed by atoms with van der Waals surface area (Å²) in [5.41, 5.74) is 3.35. The number of morpholine rings is 1. The molecule has 1 atom stereocenters. The van der Waals surface area contributed by atoms with Crippen molar-refractivity contribution in [3.63, 3.8) is 0 Å². The van der Waals surface area contributed by atoms with E-state index < -0.39 is 0 Å². The SMILES string of the molecule is NNc1snnc1CN1CCOCC1C(=O)NC1CC1. The summed E-state index contributed by atoms with van der Waals surface area (Å²) < 4.78 is 9.31. The van der Waals surface area contributed by atoms with Gasteiger partial charge >= 0.3 is 0 Å². The number of hydrogen-bond donors (Lipinski definition) is 3. The Morgan fingerprint density at radius 3 is 3.15 bits per heavy atom. The molecule has 1 amide bonds. The van der Waals surface area contributed by atoms with Gasteiger partial charge in [-0.15, -0.1) is 5.10 Å². The lowest BCUT2D eigenvalue weighted by atomic mass is 10.2. The normalized spacial score (nSPS) is 23.6. The highest BCUT2D eigenvalue weighted by molar-refractivity contribution is 7.10. The monoisotopic (exact) mass is 298 g/mol. The van der Waals surface area contributed by atoms with E-state index in [1.54, 1.807) is 0 Å². The van der Waals surface area contributed by atoms with Crippen molar-refractivity contribution in [1.82, 2.24) is 19.8 Å². The summed E-state index contributed by atoms with van der Waals surface area (Å²) >= 11 is 1.21. The molecule has 1 saturated carbocycles. The van der Waals surface area contributed by atoms with E-state index in [2.05, 4.69) is 25.2 Å². The fourth-order valence-electron chi connectivity index (χ4n) is 2.21. The number of nitrogens with two attached hydrogens (primary N) is 1. The number of ether oxygens (including phenoxy) is 1. The molecule has 2 fully saturated rings. The minimum absolute atomic E-state index is 0.0395. The summed E-state index contributed by atoms with van der Waals surface area (Å²) in [7, 11) is 0. The Kier molecular flexibility index (Phi) is 4.10. The Bertz CT molecular complexity index is 477. The van der Waals surface area contributed by atoms with Gasteiger partial charge in [-0.3, -0.25) is 9.69 Å². The van der Waals surface area contributed by atoms with Crippen molar-refractivity contribution in [3.8, 4) is 0 Å². The van der Waals surface area contributed by atoms with Crippen LogP contribution in [-0.4, -0.2) is 52.2 Å². The molecule has 20 heavy (non-hydrogen) atoms. The van der Waals surface area contributed by atoms with Crippen LogP contribution in [0.4, 0.5) is 5.00 Å². The van der Waals surface area contributed by atoms with Crippen molar-refractivity contribution in [1.29, 1.82) is 0 Å². The van der Waals surface area contributed by atoms with Gasteiger partial charge < -0.3 is 15.5 Å². The van der Waals surface area contributed by atoms with Gasteiger partial charge in [0.25, 0.3) is 0 Å². The Balaban J connectivity index is 1.66. The fraction of sp³-hybridized carbons (Fsp3) is 0.727. The minimum Gasteiger partial charge on any atom is -0.378 e. The summed E-state index contributed by atoms with van der Waals surface area (Å²) in [6, 6.07) is 0.0881. The molecule has 1 aromatic rings. The van der Waals surface area contributed by atoms with Gasteiger partial charge in [-0.2, -0.15) is 0 Å². The van der Waals surface area contributed by atoms with E-state index in [4.69, 9.17) is 10.6 Å². The van der Waals surface area contributed by atoms with E-state index in [-0.39, 0.29) is 11.9 Å². The highest BCUT2D eigenvalue weighted by Crippen LogP contribution is 2.22. The quantitative estimate of drug-likeness (QED) is 0.488. The van der Waals surface area contributed by atoms with Gasteiger partial charge in [-0.05, 0) is 12.8 Å². The predicted octanol–water partition coefficient (Wildman–Crippen LogP) is -0.697. The van der Waals surface area contributed by atoms with Crippen LogP contribution in [0.2, 0.25) is 0 Å². The number of carbonyl (C=O) groups is 1. The van der Waals surface area contributed by atoms with Gasteiger partial charge in [0.15, 0.2) is 0 Å². The van der Waals surface area contributed by atoms with Crippen LogP contribution in [0.1, 0.15) is 18.5 Å². The number of amides is 1. The zero-order chi connectivity index (χ0) is 13.9. The average Bonchev–Trinajstić information content (AvgIpc) is 3.16. The van der Waals surface area contributed by atoms with Crippen LogP contribution >= 0.6 is 11.5 Å². The van der Waals surface area contributed by atoms with Crippen LogP contribution in [-0.2, 0) is 16.1 Å². The van der Waals surface area contributed by atoms with Gasteiger partial charge in [0, 0.05) is 30.7 Å². The molecule has 1 aliphatic carbocycles. The molecule has 1 aliphatic heterocycles. The molecular weight excluding hydrogens is 280 g/mol. The van der Waals surface area contributed by atoms with Crippen molar-refractivity contribution >= 4 is 22.4 Å². The smallest absolute Gasteiger partial charge is 0.239 e. The molecule has 1 saturated heterocycles. The zero-order valence-corrected chi connectivity index (χ0v) is 11.9. The standard InChI is InChI=1S/C11H18N6O2S/c12-14-11-8(15-16-20-11)5-17-3-4-19-6-9(17)10(18)13-7-1-2-7/h7,9,14H,1-6,12H2,(H,13,18). The van der Waals surface area contributed by atoms with Crippen molar-refractivity contribution in [2.75, 3.05) is 25.2 Å². The van der Waals surface area contributed by atoms with E-state index in [9.17, 15) is 4.79 Å². The lowest BCUT2D eigenvalue weighted by Crippen LogP contribution is -2.53. The third-order valence-corrected chi connectivity index (χ3v) is 4.20. The number of nitrogens with zero attached hydrogens (tertiary/aromatic N) is 3. The Morgan fingerprint density at radius 1 is 1.55 bits per heavy atom. The summed E-state index contributed by atoms with van der Waals surface area (Å²) in [5, 5.41) is 7.82. The first kappa shape index (κ1) is 13.7. The third-order valence-electron chi connectivity index (χ3n) is 3.51. The first-order valence-electron chi connectivity index (χ1n) is 6.68. The van der Waals surface area contributed by atoms with Gasteiger partial charge in [0.2, 0.25) is 5.91 Å². The maximum Gasteiger partial charge on any atom is 0.239 e. The molecule has 1 aromatic heterocycles. The van der Waals surface area contributed by atoms with E-state index in [1.165, 1.54) is 11.5 Å². The second-order valence-corrected chi connectivity index (χ2v) is 5.79. The lowest BCUT2D eigenvalue weighted by molar-refractivity contribution is -0.133. The molecule has 8 nitrogen and oxygen atoms in total. The zero-order valence-electron chi connectivity index (χ0n) is 11.0. The van der Waals surface area contributed by atoms with E-state index in [0.717, 1.165) is 23.5 Å². The molecule has 2 heterocycles. The van der Waals surface area contributed by atoms with Gasteiger partial charge in [0.05, 0.1) is 13.2 Å². The predicted molar refractivity (Wildman–Crippen MR) is 73.9 cm³/mol. The fourth-order valence-corrected chi connectivity index (χ4v) is 2.69. The molecule has 1 unspecified atom stereocenters. The van der Waals surface area contributed by atoms with Crippen LogP contribution < -0.4 is 16.6 Å². The van der Waals surface area contributed by atoms with E-state index in [0.29, 0.717) is 32.3 Å². The average molecular weight is 298 g/mol. The third kappa shape index (κ3) is 3.06. The van der Waals surface area contributed by atoms with Gasteiger partial charge in [-0.25, -0.2) is 5.84 Å². The highest BCUT2D eigenvalue weighted by atomic mass is 32.1. The molecule has 110 valence electrons. The van der Waals surface area contributed by atoms with Crippen LogP contribution in [0.25, 0.3) is 0 Å². The maximum atomic E-state index is 12.2.